The first kappa shape index (κ1) is 11.8. The maximum Gasteiger partial charge on any atom is 0.246 e. The predicted octanol–water partition coefficient (Wildman–Crippen LogP) is 1.43. The van der Waals surface area contributed by atoms with Crippen molar-refractivity contribution < 1.29 is 14.3 Å². The van der Waals surface area contributed by atoms with Crippen LogP contribution in [0.1, 0.15) is 12.0 Å². The van der Waals surface area contributed by atoms with Gasteiger partial charge in [-0.1, -0.05) is 18.2 Å². The number of rotatable bonds is 2. The summed E-state index contributed by atoms with van der Waals surface area (Å²) in [7, 11) is 0. The fourth-order valence-electron chi connectivity index (χ4n) is 1.82. The van der Waals surface area contributed by atoms with Crippen molar-refractivity contribution in [3.8, 4) is 0 Å². The van der Waals surface area contributed by atoms with Crippen molar-refractivity contribution in [2.75, 3.05) is 13.1 Å². The first-order valence-electron chi connectivity index (χ1n) is 5.56. The van der Waals surface area contributed by atoms with Crippen LogP contribution in [-0.2, 0) is 4.79 Å². The van der Waals surface area contributed by atoms with Gasteiger partial charge in [0.15, 0.2) is 0 Å². The van der Waals surface area contributed by atoms with Gasteiger partial charge < -0.3 is 10.0 Å². The number of carbonyl (C=O) groups excluding carboxylic acids is 1. The molecule has 1 N–H and O–H groups in total. The third-order valence-corrected chi connectivity index (χ3v) is 2.79. The monoisotopic (exact) mass is 235 g/mol. The molecule has 0 unspecified atom stereocenters. The highest BCUT2D eigenvalue weighted by molar-refractivity contribution is 5.92. The normalized spacial score (nSPS) is 20.1. The number of hydrogen-bond donors (Lipinski definition) is 1. The van der Waals surface area contributed by atoms with E-state index in [1.807, 2.05) is 0 Å². The Morgan fingerprint density at radius 3 is 2.88 bits per heavy atom. The third-order valence-electron chi connectivity index (χ3n) is 2.79. The number of benzene rings is 1. The average Bonchev–Trinajstić information content (AvgIpc) is 2.74. The molecule has 1 heterocycles. The highest BCUT2D eigenvalue weighted by Crippen LogP contribution is 2.11. The summed E-state index contributed by atoms with van der Waals surface area (Å²) in [6.45, 7) is 0.919. The van der Waals surface area contributed by atoms with E-state index in [0.29, 0.717) is 25.1 Å². The molecule has 0 spiro atoms. The molecule has 4 heteroatoms. The summed E-state index contributed by atoms with van der Waals surface area (Å²) in [5.74, 6) is -0.539. The number of aliphatic hydroxyl groups is 1. The summed E-state index contributed by atoms with van der Waals surface area (Å²) in [5, 5.41) is 9.30. The van der Waals surface area contributed by atoms with Gasteiger partial charge in [-0.05, 0) is 18.6 Å². The molecule has 1 amide bonds. The molecule has 1 aliphatic heterocycles. The molecule has 0 aromatic heterocycles. The van der Waals surface area contributed by atoms with Crippen LogP contribution in [0.5, 0.6) is 0 Å². The first-order chi connectivity index (χ1) is 8.16. The van der Waals surface area contributed by atoms with Crippen LogP contribution in [0.15, 0.2) is 30.3 Å². The first-order valence-corrected chi connectivity index (χ1v) is 5.56. The molecule has 1 aliphatic rings. The maximum atomic E-state index is 13.3. The van der Waals surface area contributed by atoms with Gasteiger partial charge >= 0.3 is 0 Å². The molecule has 3 nitrogen and oxygen atoms in total. The standard InChI is InChI=1S/C13H14FNO2/c14-12-4-2-1-3-10(12)5-6-13(17)15-8-7-11(16)9-15/h1-6,11,16H,7-9H2/t11-/m0/s1. The Balaban J connectivity index is 2.01. The number of nitrogens with zero attached hydrogens (tertiary/aromatic N) is 1. The lowest BCUT2D eigenvalue weighted by atomic mass is 10.2. The van der Waals surface area contributed by atoms with Crippen molar-refractivity contribution in [2.24, 2.45) is 0 Å². The van der Waals surface area contributed by atoms with Crippen LogP contribution in [0, 0.1) is 5.82 Å². The minimum Gasteiger partial charge on any atom is -0.391 e. The molecule has 17 heavy (non-hydrogen) atoms. The topological polar surface area (TPSA) is 40.5 Å². The van der Waals surface area contributed by atoms with Gasteiger partial charge in [-0.15, -0.1) is 0 Å². The number of hydrogen-bond acceptors (Lipinski definition) is 2. The van der Waals surface area contributed by atoms with E-state index < -0.39 is 6.10 Å². The summed E-state index contributed by atoms with van der Waals surface area (Å²) in [6, 6.07) is 6.28. The SMILES string of the molecule is O=C(C=Cc1ccccc1F)N1CC[C@H](O)C1. The number of amides is 1. The molecule has 0 saturated carbocycles. The van der Waals surface area contributed by atoms with E-state index in [2.05, 4.69) is 0 Å². The van der Waals surface area contributed by atoms with E-state index >= 15 is 0 Å². The molecule has 0 radical (unpaired) electrons. The van der Waals surface area contributed by atoms with Crippen LogP contribution in [0.25, 0.3) is 6.08 Å². The smallest absolute Gasteiger partial charge is 0.246 e. The van der Waals surface area contributed by atoms with Gasteiger partial charge in [0.1, 0.15) is 5.82 Å². The Labute approximate surface area is 99.2 Å². The van der Waals surface area contributed by atoms with Gasteiger partial charge in [0.25, 0.3) is 0 Å². The summed E-state index contributed by atoms with van der Waals surface area (Å²) in [5.41, 5.74) is 0.389. The Morgan fingerprint density at radius 2 is 2.24 bits per heavy atom. The van der Waals surface area contributed by atoms with Gasteiger partial charge in [-0.25, -0.2) is 4.39 Å². The molecule has 1 aromatic rings. The van der Waals surface area contributed by atoms with Gasteiger partial charge in [-0.2, -0.15) is 0 Å². The zero-order valence-electron chi connectivity index (χ0n) is 9.34. The van der Waals surface area contributed by atoms with E-state index in [0.717, 1.165) is 0 Å². The zero-order chi connectivity index (χ0) is 12.3. The van der Waals surface area contributed by atoms with E-state index in [1.54, 1.807) is 23.1 Å². The van der Waals surface area contributed by atoms with Crippen molar-refractivity contribution in [1.82, 2.24) is 4.90 Å². The van der Waals surface area contributed by atoms with Crippen molar-refractivity contribution in [3.05, 3.63) is 41.7 Å². The average molecular weight is 235 g/mol. The van der Waals surface area contributed by atoms with E-state index in [4.69, 9.17) is 0 Å². The van der Waals surface area contributed by atoms with Gasteiger partial charge in [0.05, 0.1) is 6.10 Å². The fraction of sp³-hybridized carbons (Fsp3) is 0.308. The molecule has 0 bridgehead atoms. The highest BCUT2D eigenvalue weighted by atomic mass is 19.1. The second kappa shape index (κ2) is 5.10. The van der Waals surface area contributed by atoms with Crippen molar-refractivity contribution in [2.45, 2.75) is 12.5 Å². The Hall–Kier alpha value is -1.68. The lowest BCUT2D eigenvalue weighted by molar-refractivity contribution is -0.125. The number of β-amino-alcohol motifs (C(OH)–C–C–N with tert-alkyl or cyclic N) is 1. The van der Waals surface area contributed by atoms with E-state index in [9.17, 15) is 14.3 Å². The molecule has 1 atom stereocenters. The van der Waals surface area contributed by atoms with E-state index in [-0.39, 0.29) is 11.7 Å². The van der Waals surface area contributed by atoms with Crippen LogP contribution in [-0.4, -0.2) is 35.1 Å². The van der Waals surface area contributed by atoms with Gasteiger partial charge in [-0.3, -0.25) is 4.79 Å². The minimum atomic E-state index is -0.430. The quantitative estimate of drug-likeness (QED) is 0.788. The van der Waals surface area contributed by atoms with E-state index in [1.165, 1.54) is 18.2 Å². The Kier molecular flexibility index (Phi) is 3.54. The molecule has 2 rings (SSSR count). The van der Waals surface area contributed by atoms with Crippen LogP contribution >= 0.6 is 0 Å². The lowest BCUT2D eigenvalue weighted by Crippen LogP contribution is -2.27. The van der Waals surface area contributed by atoms with Crippen molar-refractivity contribution in [1.29, 1.82) is 0 Å². The second-order valence-corrected chi connectivity index (χ2v) is 4.08. The zero-order valence-corrected chi connectivity index (χ0v) is 9.34. The summed E-state index contributed by atoms with van der Waals surface area (Å²) < 4.78 is 13.3. The number of halogens is 1. The third kappa shape index (κ3) is 2.91. The van der Waals surface area contributed by atoms with Gasteiger partial charge in [0, 0.05) is 24.7 Å². The number of likely N-dealkylation sites (tertiary alicyclic amines) is 1. The molecule has 1 aromatic carbocycles. The fourth-order valence-corrected chi connectivity index (χ4v) is 1.82. The van der Waals surface area contributed by atoms with Gasteiger partial charge in [0.2, 0.25) is 5.91 Å². The number of carbonyl (C=O) groups is 1. The Morgan fingerprint density at radius 1 is 1.47 bits per heavy atom. The lowest BCUT2D eigenvalue weighted by Gasteiger charge is -2.12. The minimum absolute atomic E-state index is 0.190. The molecule has 1 saturated heterocycles. The Bertz CT molecular complexity index is 445. The van der Waals surface area contributed by atoms with Crippen LogP contribution < -0.4 is 0 Å². The highest BCUT2D eigenvalue weighted by Gasteiger charge is 2.22. The molecular formula is C13H14FNO2. The molecule has 0 aliphatic carbocycles. The molecular weight excluding hydrogens is 221 g/mol. The summed E-state index contributed by atoms with van der Waals surface area (Å²) >= 11 is 0. The summed E-state index contributed by atoms with van der Waals surface area (Å²) in [6.07, 6.45) is 2.98. The number of aliphatic hydroxyl groups excluding tert-OH is 1. The summed E-state index contributed by atoms with van der Waals surface area (Å²) in [4.78, 5) is 13.2. The van der Waals surface area contributed by atoms with Crippen LogP contribution in [0.4, 0.5) is 4.39 Å². The van der Waals surface area contributed by atoms with Crippen LogP contribution in [0.2, 0.25) is 0 Å². The molecule has 90 valence electrons. The van der Waals surface area contributed by atoms with Crippen molar-refractivity contribution in [3.63, 3.8) is 0 Å². The van der Waals surface area contributed by atoms with Crippen molar-refractivity contribution >= 4 is 12.0 Å². The predicted molar refractivity (Wildman–Crippen MR) is 62.6 cm³/mol. The largest absolute Gasteiger partial charge is 0.391 e. The molecule has 1 fully saturated rings. The van der Waals surface area contributed by atoms with Crippen LogP contribution in [0.3, 0.4) is 0 Å². The maximum absolute atomic E-state index is 13.3. The second-order valence-electron chi connectivity index (χ2n) is 4.08.